The lowest BCUT2D eigenvalue weighted by Gasteiger charge is -2.14. The standard InChI is InChI=1S/C9H11FN2O4/c10-6-4-11(7-2-1-3-16-7)9(15)12(5-13)8(6)14/h4,7,13H,1-3,5H2. The monoisotopic (exact) mass is 230 g/mol. The Labute approximate surface area is 89.5 Å². The molecule has 0 spiro atoms. The molecule has 0 radical (unpaired) electrons. The first-order chi connectivity index (χ1) is 7.65. The first kappa shape index (κ1) is 11.0. The van der Waals surface area contributed by atoms with E-state index in [2.05, 4.69) is 0 Å². The first-order valence-corrected chi connectivity index (χ1v) is 4.89. The highest BCUT2D eigenvalue weighted by Crippen LogP contribution is 2.20. The Balaban J connectivity index is 2.58. The molecule has 1 atom stereocenters. The lowest BCUT2D eigenvalue weighted by molar-refractivity contribution is 0.0482. The second kappa shape index (κ2) is 4.18. The van der Waals surface area contributed by atoms with Gasteiger partial charge < -0.3 is 9.84 Å². The van der Waals surface area contributed by atoms with E-state index in [4.69, 9.17) is 9.84 Å². The molecule has 88 valence electrons. The zero-order chi connectivity index (χ0) is 11.7. The van der Waals surface area contributed by atoms with Gasteiger partial charge in [0, 0.05) is 6.61 Å². The summed E-state index contributed by atoms with van der Waals surface area (Å²) in [4.78, 5) is 22.8. The molecule has 1 aliphatic rings. The number of aliphatic hydroxyl groups excluding tert-OH is 1. The Hall–Kier alpha value is -1.47. The SMILES string of the molecule is O=c1c(F)cn(C2CCCO2)c(=O)n1CO. The van der Waals surface area contributed by atoms with Gasteiger partial charge in [-0.05, 0) is 12.8 Å². The van der Waals surface area contributed by atoms with Crippen molar-refractivity contribution in [2.24, 2.45) is 0 Å². The van der Waals surface area contributed by atoms with Crippen molar-refractivity contribution in [1.82, 2.24) is 9.13 Å². The molecule has 2 heterocycles. The summed E-state index contributed by atoms with van der Waals surface area (Å²) < 4.78 is 19.8. The van der Waals surface area contributed by atoms with Crippen LogP contribution in [0.2, 0.25) is 0 Å². The zero-order valence-corrected chi connectivity index (χ0v) is 8.43. The van der Waals surface area contributed by atoms with Crippen molar-refractivity contribution in [3.05, 3.63) is 32.9 Å². The highest BCUT2D eigenvalue weighted by atomic mass is 19.1. The fraction of sp³-hybridized carbons (Fsp3) is 0.556. The van der Waals surface area contributed by atoms with Crippen LogP contribution in [0.5, 0.6) is 0 Å². The molecule has 1 unspecified atom stereocenters. The van der Waals surface area contributed by atoms with Gasteiger partial charge in [0.1, 0.15) is 13.0 Å². The fourth-order valence-corrected chi connectivity index (χ4v) is 1.70. The van der Waals surface area contributed by atoms with Gasteiger partial charge in [-0.1, -0.05) is 0 Å². The van der Waals surface area contributed by atoms with E-state index in [0.29, 0.717) is 17.6 Å². The van der Waals surface area contributed by atoms with Crippen LogP contribution in [0, 0.1) is 5.82 Å². The van der Waals surface area contributed by atoms with Crippen LogP contribution in [0.25, 0.3) is 0 Å². The molecule has 0 amide bonds. The normalized spacial score (nSPS) is 20.2. The van der Waals surface area contributed by atoms with Gasteiger partial charge in [0.15, 0.2) is 0 Å². The molecular formula is C9H11FN2O4. The summed E-state index contributed by atoms with van der Waals surface area (Å²) in [6, 6.07) is 0. The number of aliphatic hydroxyl groups is 1. The Bertz CT molecular complexity index is 501. The van der Waals surface area contributed by atoms with Crippen molar-refractivity contribution >= 4 is 0 Å². The van der Waals surface area contributed by atoms with E-state index in [1.165, 1.54) is 0 Å². The predicted molar refractivity (Wildman–Crippen MR) is 51.4 cm³/mol. The summed E-state index contributed by atoms with van der Waals surface area (Å²) in [7, 11) is 0. The third kappa shape index (κ3) is 1.68. The second-order valence-electron chi connectivity index (χ2n) is 3.51. The third-order valence-corrected chi connectivity index (χ3v) is 2.51. The molecule has 7 heteroatoms. The van der Waals surface area contributed by atoms with Crippen molar-refractivity contribution in [1.29, 1.82) is 0 Å². The minimum absolute atomic E-state index is 0.428. The van der Waals surface area contributed by atoms with Crippen LogP contribution < -0.4 is 11.2 Å². The number of hydrogen-bond acceptors (Lipinski definition) is 4. The molecule has 1 N–H and O–H groups in total. The zero-order valence-electron chi connectivity index (χ0n) is 8.43. The predicted octanol–water partition coefficient (Wildman–Crippen LogP) is -0.592. The molecule has 1 fully saturated rings. The van der Waals surface area contributed by atoms with Crippen LogP contribution in [0.3, 0.4) is 0 Å². The molecule has 1 aromatic heterocycles. The molecular weight excluding hydrogens is 219 g/mol. The van der Waals surface area contributed by atoms with Gasteiger partial charge >= 0.3 is 5.69 Å². The average molecular weight is 230 g/mol. The molecule has 2 rings (SSSR count). The number of halogens is 1. The van der Waals surface area contributed by atoms with Crippen LogP contribution >= 0.6 is 0 Å². The topological polar surface area (TPSA) is 73.5 Å². The molecule has 6 nitrogen and oxygen atoms in total. The van der Waals surface area contributed by atoms with Gasteiger partial charge in [0.05, 0.1) is 6.20 Å². The number of nitrogens with zero attached hydrogens (tertiary/aromatic N) is 2. The van der Waals surface area contributed by atoms with E-state index in [9.17, 15) is 14.0 Å². The number of rotatable bonds is 2. The number of hydrogen-bond donors (Lipinski definition) is 1. The maximum Gasteiger partial charge on any atom is 0.335 e. The van der Waals surface area contributed by atoms with Crippen molar-refractivity contribution < 1.29 is 14.2 Å². The van der Waals surface area contributed by atoms with Crippen LogP contribution in [-0.2, 0) is 11.5 Å². The molecule has 1 aliphatic heterocycles. The van der Waals surface area contributed by atoms with E-state index >= 15 is 0 Å². The van der Waals surface area contributed by atoms with Crippen molar-refractivity contribution in [3.8, 4) is 0 Å². The van der Waals surface area contributed by atoms with Crippen molar-refractivity contribution in [2.75, 3.05) is 6.61 Å². The summed E-state index contributed by atoms with van der Waals surface area (Å²) in [5.74, 6) is -1.08. The Morgan fingerprint density at radius 1 is 1.56 bits per heavy atom. The summed E-state index contributed by atoms with van der Waals surface area (Å²) >= 11 is 0. The van der Waals surface area contributed by atoms with Gasteiger partial charge in [0.25, 0.3) is 5.56 Å². The van der Waals surface area contributed by atoms with E-state index in [1.54, 1.807) is 0 Å². The highest BCUT2D eigenvalue weighted by molar-refractivity contribution is 4.91. The van der Waals surface area contributed by atoms with Gasteiger partial charge in [-0.2, -0.15) is 4.39 Å². The van der Waals surface area contributed by atoms with Gasteiger partial charge in [-0.25, -0.2) is 9.36 Å². The lowest BCUT2D eigenvalue weighted by atomic mass is 10.3. The number of ether oxygens (including phenoxy) is 1. The minimum Gasteiger partial charge on any atom is -0.376 e. The van der Waals surface area contributed by atoms with Gasteiger partial charge in [-0.15, -0.1) is 0 Å². The van der Waals surface area contributed by atoms with Crippen molar-refractivity contribution in [2.45, 2.75) is 25.8 Å². The second-order valence-corrected chi connectivity index (χ2v) is 3.51. The smallest absolute Gasteiger partial charge is 0.335 e. The van der Waals surface area contributed by atoms with E-state index in [1.807, 2.05) is 0 Å². The van der Waals surface area contributed by atoms with E-state index in [0.717, 1.165) is 17.2 Å². The van der Waals surface area contributed by atoms with Crippen LogP contribution in [0.4, 0.5) is 4.39 Å². The Morgan fingerprint density at radius 2 is 2.31 bits per heavy atom. The van der Waals surface area contributed by atoms with Crippen molar-refractivity contribution in [3.63, 3.8) is 0 Å². The highest BCUT2D eigenvalue weighted by Gasteiger charge is 2.21. The average Bonchev–Trinajstić information content (AvgIpc) is 2.77. The van der Waals surface area contributed by atoms with Crippen LogP contribution in [-0.4, -0.2) is 20.8 Å². The third-order valence-electron chi connectivity index (χ3n) is 2.51. The van der Waals surface area contributed by atoms with Crippen LogP contribution in [0.1, 0.15) is 19.1 Å². The lowest BCUT2D eigenvalue weighted by Crippen LogP contribution is -2.42. The Morgan fingerprint density at radius 3 is 2.88 bits per heavy atom. The minimum atomic E-state index is -1.12. The quantitative estimate of drug-likeness (QED) is 0.736. The maximum atomic E-state index is 13.2. The summed E-state index contributed by atoms with van der Waals surface area (Å²) in [5.41, 5.74) is -1.89. The van der Waals surface area contributed by atoms with Crippen LogP contribution in [0.15, 0.2) is 15.8 Å². The van der Waals surface area contributed by atoms with Gasteiger partial charge in [0.2, 0.25) is 5.82 Å². The molecule has 1 aromatic rings. The Kier molecular flexibility index (Phi) is 2.88. The molecule has 0 saturated carbocycles. The van der Waals surface area contributed by atoms with E-state index in [-0.39, 0.29) is 0 Å². The first-order valence-electron chi connectivity index (χ1n) is 4.89. The fourth-order valence-electron chi connectivity index (χ4n) is 1.70. The van der Waals surface area contributed by atoms with Gasteiger partial charge in [-0.3, -0.25) is 9.36 Å². The molecule has 0 aromatic carbocycles. The molecule has 0 bridgehead atoms. The summed E-state index contributed by atoms with van der Waals surface area (Å²) in [6.07, 6.45) is 1.63. The number of aromatic nitrogens is 2. The maximum absolute atomic E-state index is 13.2. The largest absolute Gasteiger partial charge is 0.376 e. The molecule has 1 saturated heterocycles. The summed E-state index contributed by atoms with van der Waals surface area (Å²) in [5, 5.41) is 8.83. The molecule has 16 heavy (non-hydrogen) atoms. The summed E-state index contributed by atoms with van der Waals surface area (Å²) in [6.45, 7) is -0.348. The van der Waals surface area contributed by atoms with E-state index < -0.39 is 30.0 Å². The molecule has 0 aliphatic carbocycles.